The zero-order chi connectivity index (χ0) is 16.5. The summed E-state index contributed by atoms with van der Waals surface area (Å²) in [6.45, 7) is 0.397. The van der Waals surface area contributed by atoms with Gasteiger partial charge in [-0.1, -0.05) is 30.3 Å². The van der Waals surface area contributed by atoms with Crippen LogP contribution in [0.2, 0.25) is 0 Å². The molecule has 0 fully saturated rings. The van der Waals surface area contributed by atoms with Crippen LogP contribution in [-0.2, 0) is 9.53 Å². The van der Waals surface area contributed by atoms with Crippen molar-refractivity contribution in [2.45, 2.75) is 0 Å². The van der Waals surface area contributed by atoms with Gasteiger partial charge < -0.3 is 9.47 Å². The summed E-state index contributed by atoms with van der Waals surface area (Å²) < 4.78 is 11.8. The van der Waals surface area contributed by atoms with Crippen LogP contribution < -0.4 is 4.74 Å². The number of aliphatic imine (C=N–C) groups is 1. The minimum atomic E-state index is -0.458. The molecule has 0 unspecified atom stereocenters. The lowest BCUT2D eigenvalue weighted by Crippen LogP contribution is -2.08. The normalized spacial score (nSPS) is 17.7. The highest BCUT2D eigenvalue weighted by molar-refractivity contribution is 9.10. The summed E-state index contributed by atoms with van der Waals surface area (Å²) in [5.41, 5.74) is 2.87. The second-order valence-corrected chi connectivity index (χ2v) is 6.22. The molecule has 2 aliphatic rings. The standard InChI is InChI=1S/C19H12BrNO3/c20-15-7-3-2-6-14(15)18-21-16(19(22)24-18)10-12-9-13-5-1-4-8-17(13)23-11-12/h1-10H,11H2. The van der Waals surface area contributed by atoms with Gasteiger partial charge in [0.25, 0.3) is 0 Å². The summed E-state index contributed by atoms with van der Waals surface area (Å²) >= 11 is 3.44. The molecule has 0 N–H and O–H groups in total. The van der Waals surface area contributed by atoms with Gasteiger partial charge in [-0.3, -0.25) is 0 Å². The Morgan fingerprint density at radius 2 is 1.88 bits per heavy atom. The first kappa shape index (κ1) is 14.9. The fourth-order valence-electron chi connectivity index (χ4n) is 2.55. The third kappa shape index (κ3) is 2.78. The van der Waals surface area contributed by atoms with Crippen molar-refractivity contribution in [1.82, 2.24) is 0 Å². The molecule has 0 radical (unpaired) electrons. The molecule has 2 aliphatic heterocycles. The number of fused-ring (bicyclic) bond motifs is 1. The number of para-hydroxylation sites is 1. The van der Waals surface area contributed by atoms with Crippen LogP contribution in [0.3, 0.4) is 0 Å². The van der Waals surface area contributed by atoms with Gasteiger partial charge in [-0.05, 0) is 51.9 Å². The second kappa shape index (κ2) is 6.09. The molecule has 4 nitrogen and oxygen atoms in total. The predicted octanol–water partition coefficient (Wildman–Crippen LogP) is 4.11. The number of benzene rings is 2. The summed E-state index contributed by atoms with van der Waals surface area (Å²) in [4.78, 5) is 16.4. The highest BCUT2D eigenvalue weighted by Gasteiger charge is 2.26. The van der Waals surface area contributed by atoms with Gasteiger partial charge in [0.15, 0.2) is 5.70 Å². The third-order valence-corrected chi connectivity index (χ3v) is 4.39. The number of carbonyl (C=O) groups is 1. The predicted molar refractivity (Wildman–Crippen MR) is 94.8 cm³/mol. The lowest BCUT2D eigenvalue weighted by atomic mass is 10.1. The van der Waals surface area contributed by atoms with E-state index in [2.05, 4.69) is 20.9 Å². The number of hydrogen-bond acceptors (Lipinski definition) is 4. The maximum absolute atomic E-state index is 12.1. The number of ether oxygens (including phenoxy) is 2. The Kier molecular flexibility index (Phi) is 3.78. The van der Waals surface area contributed by atoms with Crippen molar-refractivity contribution in [3.05, 3.63) is 81.5 Å². The van der Waals surface area contributed by atoms with Crippen LogP contribution >= 0.6 is 15.9 Å². The fourth-order valence-corrected chi connectivity index (χ4v) is 3.01. The smallest absolute Gasteiger partial charge is 0.363 e. The Morgan fingerprint density at radius 3 is 2.75 bits per heavy atom. The Balaban J connectivity index is 1.67. The number of esters is 1. The molecule has 5 heteroatoms. The first-order valence-corrected chi connectivity index (χ1v) is 8.20. The molecule has 0 atom stereocenters. The van der Waals surface area contributed by atoms with Crippen molar-refractivity contribution >= 4 is 33.9 Å². The molecular formula is C19H12BrNO3. The van der Waals surface area contributed by atoms with E-state index in [0.717, 1.165) is 26.9 Å². The Morgan fingerprint density at radius 1 is 1.08 bits per heavy atom. The second-order valence-electron chi connectivity index (χ2n) is 5.36. The molecule has 2 aromatic carbocycles. The number of carbonyl (C=O) groups excluding carboxylic acids is 1. The van der Waals surface area contributed by atoms with Crippen molar-refractivity contribution in [3.63, 3.8) is 0 Å². The van der Waals surface area contributed by atoms with Crippen LogP contribution in [0.4, 0.5) is 0 Å². The van der Waals surface area contributed by atoms with Gasteiger partial charge >= 0.3 is 5.97 Å². The minimum Gasteiger partial charge on any atom is -0.488 e. The van der Waals surface area contributed by atoms with E-state index in [9.17, 15) is 4.79 Å². The quantitative estimate of drug-likeness (QED) is 0.580. The minimum absolute atomic E-state index is 0.273. The molecule has 2 heterocycles. The van der Waals surface area contributed by atoms with E-state index in [1.54, 1.807) is 6.08 Å². The first-order valence-electron chi connectivity index (χ1n) is 7.40. The maximum Gasteiger partial charge on any atom is 0.363 e. The van der Waals surface area contributed by atoms with Gasteiger partial charge in [-0.25, -0.2) is 9.79 Å². The molecule has 0 amide bonds. The molecule has 118 valence electrons. The Labute approximate surface area is 147 Å². The third-order valence-electron chi connectivity index (χ3n) is 3.70. The topological polar surface area (TPSA) is 47.9 Å². The summed E-state index contributed by atoms with van der Waals surface area (Å²) in [5.74, 6) is 0.683. The van der Waals surface area contributed by atoms with E-state index < -0.39 is 5.97 Å². The highest BCUT2D eigenvalue weighted by atomic mass is 79.9. The van der Waals surface area contributed by atoms with Crippen molar-refractivity contribution in [3.8, 4) is 5.75 Å². The van der Waals surface area contributed by atoms with Gasteiger partial charge in [0.05, 0.1) is 5.56 Å². The molecule has 4 rings (SSSR count). The lowest BCUT2D eigenvalue weighted by molar-refractivity contribution is -0.130. The van der Waals surface area contributed by atoms with Crippen LogP contribution in [0, 0.1) is 0 Å². The van der Waals surface area contributed by atoms with E-state index >= 15 is 0 Å². The van der Waals surface area contributed by atoms with E-state index in [0.29, 0.717) is 12.5 Å². The molecule has 2 aromatic rings. The summed E-state index contributed by atoms with van der Waals surface area (Å²) in [5, 5.41) is 0. The summed E-state index contributed by atoms with van der Waals surface area (Å²) in [6, 6.07) is 15.2. The van der Waals surface area contributed by atoms with Gasteiger partial charge in [0, 0.05) is 10.0 Å². The molecule has 0 bridgehead atoms. The van der Waals surface area contributed by atoms with Crippen molar-refractivity contribution < 1.29 is 14.3 Å². The summed E-state index contributed by atoms with van der Waals surface area (Å²) in [6.07, 6.45) is 3.70. The van der Waals surface area contributed by atoms with Crippen LogP contribution in [0.15, 0.2) is 75.3 Å². The summed E-state index contributed by atoms with van der Waals surface area (Å²) in [7, 11) is 0. The van der Waals surface area contributed by atoms with E-state index in [1.807, 2.05) is 54.6 Å². The first-order chi connectivity index (χ1) is 11.7. The van der Waals surface area contributed by atoms with Gasteiger partial charge in [0.1, 0.15) is 12.4 Å². The van der Waals surface area contributed by atoms with Gasteiger partial charge in [-0.2, -0.15) is 0 Å². The number of nitrogens with zero attached hydrogens (tertiary/aromatic N) is 1. The molecule has 0 spiro atoms. The van der Waals surface area contributed by atoms with Crippen LogP contribution in [-0.4, -0.2) is 18.5 Å². The van der Waals surface area contributed by atoms with E-state index in [4.69, 9.17) is 9.47 Å². The number of hydrogen-bond donors (Lipinski definition) is 0. The Hall–Kier alpha value is -2.66. The number of rotatable bonds is 2. The van der Waals surface area contributed by atoms with Crippen molar-refractivity contribution in [1.29, 1.82) is 0 Å². The molecule has 0 aliphatic carbocycles. The van der Waals surface area contributed by atoms with Crippen molar-refractivity contribution in [2.75, 3.05) is 6.61 Å². The zero-order valence-corrected chi connectivity index (χ0v) is 14.1. The fraction of sp³-hybridized carbons (Fsp3) is 0.0526. The number of cyclic esters (lactones) is 1. The average molecular weight is 382 g/mol. The van der Waals surface area contributed by atoms with Crippen molar-refractivity contribution in [2.24, 2.45) is 4.99 Å². The largest absolute Gasteiger partial charge is 0.488 e. The Bertz CT molecular complexity index is 928. The lowest BCUT2D eigenvalue weighted by Gasteiger charge is -2.15. The van der Waals surface area contributed by atoms with E-state index in [-0.39, 0.29) is 5.70 Å². The SMILES string of the molecule is O=C1OC(c2ccccc2Br)=NC1=CC1=Cc2ccccc2OC1. The van der Waals surface area contributed by atoms with Crippen LogP contribution in [0.5, 0.6) is 5.75 Å². The van der Waals surface area contributed by atoms with Crippen LogP contribution in [0.1, 0.15) is 11.1 Å². The average Bonchev–Trinajstić information content (AvgIpc) is 2.96. The zero-order valence-electron chi connectivity index (χ0n) is 12.5. The monoisotopic (exact) mass is 381 g/mol. The molecule has 24 heavy (non-hydrogen) atoms. The van der Waals surface area contributed by atoms with Gasteiger partial charge in [0.2, 0.25) is 5.90 Å². The maximum atomic E-state index is 12.1. The molecular weight excluding hydrogens is 370 g/mol. The van der Waals surface area contributed by atoms with Gasteiger partial charge in [-0.15, -0.1) is 0 Å². The molecule has 0 aromatic heterocycles. The highest BCUT2D eigenvalue weighted by Crippen LogP contribution is 2.28. The molecule has 0 saturated heterocycles. The molecule has 0 saturated carbocycles. The number of halogens is 1. The van der Waals surface area contributed by atoms with E-state index in [1.165, 1.54) is 0 Å². The van der Waals surface area contributed by atoms with Crippen LogP contribution in [0.25, 0.3) is 6.08 Å².